The van der Waals surface area contributed by atoms with Crippen LogP contribution < -0.4 is 5.32 Å². The molecule has 0 saturated heterocycles. The maximum absolute atomic E-state index is 5.94. The van der Waals surface area contributed by atoms with Gasteiger partial charge in [-0.25, -0.2) is 4.68 Å². The van der Waals surface area contributed by atoms with E-state index in [0.29, 0.717) is 5.02 Å². The van der Waals surface area contributed by atoms with Crippen LogP contribution >= 0.6 is 11.6 Å². The molecule has 4 heteroatoms. The largest absolute Gasteiger partial charge is 0.373 e. The maximum Gasteiger partial charge on any atom is 0.129 e. The number of anilines is 1. The molecule has 0 saturated carbocycles. The minimum Gasteiger partial charge on any atom is -0.373 e. The second-order valence-electron chi connectivity index (χ2n) is 3.31. The molecule has 0 fully saturated rings. The van der Waals surface area contributed by atoms with Gasteiger partial charge in [-0.05, 0) is 25.1 Å². The van der Waals surface area contributed by atoms with Crippen molar-refractivity contribution in [1.82, 2.24) is 9.78 Å². The zero-order chi connectivity index (χ0) is 10.8. The van der Waals surface area contributed by atoms with Gasteiger partial charge in [0.15, 0.2) is 0 Å². The lowest BCUT2D eigenvalue weighted by atomic mass is 10.3. The van der Waals surface area contributed by atoms with Gasteiger partial charge in [0.25, 0.3) is 0 Å². The third-order valence-electron chi connectivity index (χ3n) is 2.14. The number of nitrogens with zero attached hydrogens (tertiary/aromatic N) is 2. The standard InChI is InChI=1S/C11H12ClN3/c1-8-6-11(13-2)15(14-8)10-5-3-4-9(12)7-10/h3-7,13H,1-2H3. The summed E-state index contributed by atoms with van der Waals surface area (Å²) in [6.07, 6.45) is 0. The topological polar surface area (TPSA) is 29.9 Å². The third-order valence-corrected chi connectivity index (χ3v) is 2.38. The van der Waals surface area contributed by atoms with Gasteiger partial charge in [-0.15, -0.1) is 0 Å². The fourth-order valence-corrected chi connectivity index (χ4v) is 1.67. The molecule has 78 valence electrons. The summed E-state index contributed by atoms with van der Waals surface area (Å²) in [5.74, 6) is 0.953. The fraction of sp³-hybridized carbons (Fsp3) is 0.182. The number of hydrogen-bond donors (Lipinski definition) is 1. The highest BCUT2D eigenvalue weighted by Gasteiger charge is 2.05. The van der Waals surface area contributed by atoms with Crippen LogP contribution in [0, 0.1) is 6.92 Å². The van der Waals surface area contributed by atoms with E-state index in [2.05, 4.69) is 10.4 Å². The Morgan fingerprint density at radius 1 is 1.33 bits per heavy atom. The van der Waals surface area contributed by atoms with Crippen molar-refractivity contribution in [3.05, 3.63) is 41.0 Å². The molecule has 15 heavy (non-hydrogen) atoms. The van der Waals surface area contributed by atoms with E-state index in [-0.39, 0.29) is 0 Å². The van der Waals surface area contributed by atoms with Crippen molar-refractivity contribution >= 4 is 17.4 Å². The third kappa shape index (κ3) is 1.97. The molecule has 0 atom stereocenters. The van der Waals surface area contributed by atoms with Gasteiger partial charge in [-0.2, -0.15) is 5.10 Å². The summed E-state index contributed by atoms with van der Waals surface area (Å²) in [6, 6.07) is 9.60. The van der Waals surface area contributed by atoms with E-state index >= 15 is 0 Å². The van der Waals surface area contributed by atoms with Gasteiger partial charge in [0.2, 0.25) is 0 Å². The van der Waals surface area contributed by atoms with Crippen molar-refractivity contribution in [2.45, 2.75) is 6.92 Å². The van der Waals surface area contributed by atoms with E-state index in [1.807, 2.05) is 49.0 Å². The monoisotopic (exact) mass is 221 g/mol. The normalized spacial score (nSPS) is 10.3. The number of hydrogen-bond acceptors (Lipinski definition) is 2. The van der Waals surface area contributed by atoms with E-state index in [1.54, 1.807) is 0 Å². The number of halogens is 1. The van der Waals surface area contributed by atoms with Crippen molar-refractivity contribution < 1.29 is 0 Å². The van der Waals surface area contributed by atoms with Crippen LogP contribution in [0.4, 0.5) is 5.82 Å². The first-order valence-electron chi connectivity index (χ1n) is 4.71. The summed E-state index contributed by atoms with van der Waals surface area (Å²) in [5.41, 5.74) is 1.93. The molecule has 0 spiro atoms. The first kappa shape index (κ1) is 10.1. The summed E-state index contributed by atoms with van der Waals surface area (Å²) in [6.45, 7) is 1.96. The quantitative estimate of drug-likeness (QED) is 0.845. The smallest absolute Gasteiger partial charge is 0.129 e. The average Bonchev–Trinajstić information content (AvgIpc) is 2.59. The number of aryl methyl sites for hydroxylation is 1. The lowest BCUT2D eigenvalue weighted by Crippen LogP contribution is -2.01. The number of aromatic nitrogens is 2. The van der Waals surface area contributed by atoms with E-state index in [4.69, 9.17) is 11.6 Å². The molecule has 1 aromatic carbocycles. The fourth-order valence-electron chi connectivity index (χ4n) is 1.48. The van der Waals surface area contributed by atoms with Gasteiger partial charge in [0.05, 0.1) is 11.4 Å². The zero-order valence-corrected chi connectivity index (χ0v) is 9.42. The van der Waals surface area contributed by atoms with E-state index < -0.39 is 0 Å². The first-order chi connectivity index (χ1) is 7.20. The number of nitrogens with one attached hydrogen (secondary N) is 1. The summed E-state index contributed by atoms with van der Waals surface area (Å²) in [7, 11) is 1.87. The second-order valence-corrected chi connectivity index (χ2v) is 3.75. The molecule has 0 aliphatic heterocycles. The van der Waals surface area contributed by atoms with Crippen molar-refractivity contribution in [2.75, 3.05) is 12.4 Å². The zero-order valence-electron chi connectivity index (χ0n) is 8.66. The molecule has 0 aliphatic rings. The van der Waals surface area contributed by atoms with E-state index in [1.165, 1.54) is 0 Å². The summed E-state index contributed by atoms with van der Waals surface area (Å²) < 4.78 is 1.83. The molecule has 0 amide bonds. The van der Waals surface area contributed by atoms with Crippen LogP contribution in [0.3, 0.4) is 0 Å². The summed E-state index contributed by atoms with van der Waals surface area (Å²) >= 11 is 5.94. The highest BCUT2D eigenvalue weighted by atomic mass is 35.5. The Labute approximate surface area is 93.7 Å². The average molecular weight is 222 g/mol. The van der Waals surface area contributed by atoms with Crippen LogP contribution in [0.5, 0.6) is 0 Å². The van der Waals surface area contributed by atoms with Crippen LogP contribution in [-0.4, -0.2) is 16.8 Å². The second kappa shape index (κ2) is 3.95. The SMILES string of the molecule is CNc1cc(C)nn1-c1cccc(Cl)c1. The number of benzene rings is 1. The van der Waals surface area contributed by atoms with Crippen molar-refractivity contribution in [2.24, 2.45) is 0 Å². The molecule has 0 unspecified atom stereocenters. The van der Waals surface area contributed by atoms with Crippen molar-refractivity contribution in [3.63, 3.8) is 0 Å². The molecule has 0 radical (unpaired) electrons. The maximum atomic E-state index is 5.94. The minimum atomic E-state index is 0.711. The van der Waals surface area contributed by atoms with E-state index in [9.17, 15) is 0 Å². The van der Waals surface area contributed by atoms with Crippen LogP contribution in [0.1, 0.15) is 5.69 Å². The molecular formula is C11H12ClN3. The van der Waals surface area contributed by atoms with Crippen LogP contribution in [0.2, 0.25) is 5.02 Å². The first-order valence-corrected chi connectivity index (χ1v) is 5.09. The Bertz CT molecular complexity index is 476. The van der Waals surface area contributed by atoms with Crippen molar-refractivity contribution in [1.29, 1.82) is 0 Å². The van der Waals surface area contributed by atoms with Gasteiger partial charge in [0.1, 0.15) is 5.82 Å². The lowest BCUT2D eigenvalue weighted by Gasteiger charge is -2.06. The summed E-state index contributed by atoms with van der Waals surface area (Å²) in [5, 5.41) is 8.19. The molecular weight excluding hydrogens is 210 g/mol. The highest BCUT2D eigenvalue weighted by Crippen LogP contribution is 2.19. The Morgan fingerprint density at radius 3 is 2.80 bits per heavy atom. The van der Waals surface area contributed by atoms with Crippen LogP contribution in [0.15, 0.2) is 30.3 Å². The lowest BCUT2D eigenvalue weighted by molar-refractivity contribution is 0.867. The Morgan fingerprint density at radius 2 is 2.13 bits per heavy atom. The highest BCUT2D eigenvalue weighted by molar-refractivity contribution is 6.30. The van der Waals surface area contributed by atoms with E-state index in [0.717, 1.165) is 17.2 Å². The summed E-state index contributed by atoms with van der Waals surface area (Å²) in [4.78, 5) is 0. The Hall–Kier alpha value is -1.48. The predicted molar refractivity (Wildman–Crippen MR) is 62.9 cm³/mol. The van der Waals surface area contributed by atoms with Gasteiger partial charge in [-0.3, -0.25) is 0 Å². The van der Waals surface area contributed by atoms with Crippen LogP contribution in [-0.2, 0) is 0 Å². The van der Waals surface area contributed by atoms with Gasteiger partial charge < -0.3 is 5.32 Å². The molecule has 1 heterocycles. The Kier molecular flexibility index (Phi) is 2.64. The van der Waals surface area contributed by atoms with Crippen LogP contribution in [0.25, 0.3) is 5.69 Å². The molecule has 0 bridgehead atoms. The van der Waals surface area contributed by atoms with Gasteiger partial charge in [-0.1, -0.05) is 17.7 Å². The molecule has 2 rings (SSSR count). The Balaban J connectivity index is 2.53. The molecule has 0 aliphatic carbocycles. The predicted octanol–water partition coefficient (Wildman–Crippen LogP) is 2.88. The molecule has 1 aromatic heterocycles. The van der Waals surface area contributed by atoms with Gasteiger partial charge in [0, 0.05) is 18.1 Å². The molecule has 2 aromatic rings. The van der Waals surface area contributed by atoms with Crippen molar-refractivity contribution in [3.8, 4) is 5.69 Å². The van der Waals surface area contributed by atoms with Gasteiger partial charge >= 0.3 is 0 Å². The molecule has 3 nitrogen and oxygen atoms in total. The minimum absolute atomic E-state index is 0.711. The number of rotatable bonds is 2. The molecule has 1 N–H and O–H groups in total.